The molecule has 0 aliphatic carbocycles. The quantitative estimate of drug-likeness (QED) is 0.803. The fourth-order valence-corrected chi connectivity index (χ4v) is 1.03. The SMILES string of the molecule is O=C(O)c1cc(Cl)nc(CC(F)(F)F)n1. The smallest absolute Gasteiger partial charge is 0.396 e. The van der Waals surface area contributed by atoms with Gasteiger partial charge in [-0.1, -0.05) is 11.6 Å². The molecule has 1 aromatic heterocycles. The van der Waals surface area contributed by atoms with Crippen molar-refractivity contribution >= 4 is 17.6 Å². The fourth-order valence-electron chi connectivity index (χ4n) is 0.833. The van der Waals surface area contributed by atoms with Crippen LogP contribution in [-0.2, 0) is 6.42 Å². The van der Waals surface area contributed by atoms with Gasteiger partial charge in [0.05, 0.1) is 0 Å². The number of aromatic nitrogens is 2. The summed E-state index contributed by atoms with van der Waals surface area (Å²) in [5.74, 6) is -2.12. The predicted molar refractivity (Wildman–Crippen MR) is 43.8 cm³/mol. The zero-order valence-electron chi connectivity index (χ0n) is 7.05. The lowest BCUT2D eigenvalue weighted by atomic mass is 10.3. The number of nitrogens with zero attached hydrogens (tertiary/aromatic N) is 2. The number of alkyl halides is 3. The second-order valence-corrected chi connectivity index (χ2v) is 2.98. The number of hydrogen-bond donors (Lipinski definition) is 1. The van der Waals surface area contributed by atoms with E-state index in [4.69, 9.17) is 16.7 Å². The van der Waals surface area contributed by atoms with Crippen LogP contribution in [0.3, 0.4) is 0 Å². The average molecular weight is 241 g/mol. The van der Waals surface area contributed by atoms with Crippen molar-refractivity contribution in [3.05, 3.63) is 22.7 Å². The molecule has 0 aliphatic heterocycles. The number of hydrogen-bond acceptors (Lipinski definition) is 3. The Morgan fingerprint density at radius 2 is 2.07 bits per heavy atom. The third-order valence-electron chi connectivity index (χ3n) is 1.32. The summed E-state index contributed by atoms with van der Waals surface area (Å²) in [6.07, 6.45) is -5.91. The van der Waals surface area contributed by atoms with Gasteiger partial charge in [-0.3, -0.25) is 0 Å². The van der Waals surface area contributed by atoms with E-state index in [-0.39, 0.29) is 5.15 Å². The van der Waals surface area contributed by atoms with Gasteiger partial charge in [0, 0.05) is 6.07 Å². The van der Waals surface area contributed by atoms with Gasteiger partial charge >= 0.3 is 12.1 Å². The Bertz CT molecular complexity index is 394. The topological polar surface area (TPSA) is 63.1 Å². The number of aromatic carboxylic acids is 1. The fraction of sp³-hybridized carbons (Fsp3) is 0.286. The van der Waals surface area contributed by atoms with Gasteiger partial charge in [0.15, 0.2) is 5.69 Å². The van der Waals surface area contributed by atoms with E-state index in [0.29, 0.717) is 0 Å². The van der Waals surface area contributed by atoms with Gasteiger partial charge in [-0.15, -0.1) is 0 Å². The van der Waals surface area contributed by atoms with Gasteiger partial charge in [-0.05, 0) is 0 Å². The lowest BCUT2D eigenvalue weighted by molar-refractivity contribution is -0.128. The standard InChI is InChI=1S/C7H4ClF3N2O2/c8-4-1-3(6(14)15)12-5(13-4)2-7(9,10)11/h1H,2H2,(H,14,15). The van der Waals surface area contributed by atoms with Crippen LogP contribution >= 0.6 is 11.6 Å². The molecule has 0 atom stereocenters. The summed E-state index contributed by atoms with van der Waals surface area (Å²) < 4.78 is 35.8. The van der Waals surface area contributed by atoms with Crippen LogP contribution in [0.5, 0.6) is 0 Å². The van der Waals surface area contributed by atoms with Gasteiger partial charge in [-0.2, -0.15) is 13.2 Å². The highest BCUT2D eigenvalue weighted by Crippen LogP contribution is 2.20. The number of halogens is 4. The summed E-state index contributed by atoms with van der Waals surface area (Å²) in [5.41, 5.74) is -0.561. The molecule has 1 heterocycles. The molecule has 0 unspecified atom stereocenters. The molecule has 0 radical (unpaired) electrons. The van der Waals surface area contributed by atoms with Crippen LogP contribution in [0.15, 0.2) is 6.07 Å². The Labute approximate surface area is 86.7 Å². The van der Waals surface area contributed by atoms with Gasteiger partial charge in [0.2, 0.25) is 0 Å². The maximum absolute atomic E-state index is 11.9. The molecule has 0 saturated heterocycles. The monoisotopic (exact) mass is 240 g/mol. The Morgan fingerprint density at radius 1 is 1.47 bits per heavy atom. The first kappa shape index (κ1) is 11.7. The average Bonchev–Trinajstić information content (AvgIpc) is 1.99. The van der Waals surface area contributed by atoms with Crippen LogP contribution in [0.2, 0.25) is 5.15 Å². The molecule has 1 rings (SSSR count). The van der Waals surface area contributed by atoms with E-state index < -0.39 is 30.1 Å². The number of carboxylic acid groups (broad SMARTS) is 1. The normalized spacial score (nSPS) is 11.5. The molecule has 1 N–H and O–H groups in total. The van der Waals surface area contributed by atoms with E-state index in [2.05, 4.69) is 9.97 Å². The molecule has 0 amide bonds. The van der Waals surface area contributed by atoms with Gasteiger partial charge in [-0.25, -0.2) is 14.8 Å². The molecule has 1 aromatic rings. The lowest BCUT2D eigenvalue weighted by Crippen LogP contribution is -2.16. The van der Waals surface area contributed by atoms with Crippen LogP contribution in [0.25, 0.3) is 0 Å². The zero-order chi connectivity index (χ0) is 11.6. The maximum atomic E-state index is 11.9. The van der Waals surface area contributed by atoms with E-state index >= 15 is 0 Å². The van der Waals surface area contributed by atoms with Crippen molar-refractivity contribution in [2.45, 2.75) is 12.6 Å². The van der Waals surface area contributed by atoms with E-state index in [1.807, 2.05) is 0 Å². The van der Waals surface area contributed by atoms with Crippen molar-refractivity contribution in [3.63, 3.8) is 0 Å². The molecule has 0 fully saturated rings. The molecule has 4 nitrogen and oxygen atoms in total. The number of carbonyl (C=O) groups is 1. The zero-order valence-corrected chi connectivity index (χ0v) is 7.80. The highest BCUT2D eigenvalue weighted by molar-refractivity contribution is 6.29. The summed E-state index contributed by atoms with van der Waals surface area (Å²) in [5, 5.41) is 8.17. The van der Waals surface area contributed by atoms with Gasteiger partial charge < -0.3 is 5.11 Å². The molecular formula is C7H4ClF3N2O2. The highest BCUT2D eigenvalue weighted by atomic mass is 35.5. The summed E-state index contributed by atoms with van der Waals surface area (Å²) >= 11 is 5.34. The molecule has 0 aromatic carbocycles. The largest absolute Gasteiger partial charge is 0.477 e. The first-order chi connectivity index (χ1) is 6.78. The first-order valence-electron chi connectivity index (χ1n) is 3.61. The molecular weight excluding hydrogens is 237 g/mol. The minimum Gasteiger partial charge on any atom is -0.477 e. The van der Waals surface area contributed by atoms with Crippen molar-refractivity contribution in [2.75, 3.05) is 0 Å². The van der Waals surface area contributed by atoms with Crippen LogP contribution in [0.1, 0.15) is 16.3 Å². The summed E-state index contributed by atoms with van der Waals surface area (Å²) in [6.45, 7) is 0. The van der Waals surface area contributed by atoms with Crippen molar-refractivity contribution in [1.82, 2.24) is 9.97 Å². The van der Waals surface area contributed by atoms with E-state index in [9.17, 15) is 18.0 Å². The minimum atomic E-state index is -4.50. The van der Waals surface area contributed by atoms with Gasteiger partial charge in [0.25, 0.3) is 0 Å². The second kappa shape index (κ2) is 4.01. The molecule has 0 saturated carbocycles. The molecule has 15 heavy (non-hydrogen) atoms. The summed E-state index contributed by atoms with van der Waals surface area (Å²) in [4.78, 5) is 16.9. The van der Waals surface area contributed by atoms with Crippen LogP contribution in [0.4, 0.5) is 13.2 Å². The van der Waals surface area contributed by atoms with E-state index in [1.165, 1.54) is 0 Å². The van der Waals surface area contributed by atoms with E-state index in [1.54, 1.807) is 0 Å². The van der Waals surface area contributed by atoms with Gasteiger partial charge in [0.1, 0.15) is 17.4 Å². The molecule has 0 aliphatic rings. The van der Waals surface area contributed by atoms with E-state index in [0.717, 1.165) is 6.07 Å². The van der Waals surface area contributed by atoms with Crippen molar-refractivity contribution in [3.8, 4) is 0 Å². The summed E-state index contributed by atoms with van der Waals surface area (Å²) in [6, 6.07) is 0.879. The Balaban J connectivity index is 3.04. The Kier molecular flexibility index (Phi) is 3.13. The maximum Gasteiger partial charge on any atom is 0.396 e. The molecule has 0 spiro atoms. The number of carboxylic acids is 1. The van der Waals surface area contributed by atoms with Crippen molar-refractivity contribution < 1.29 is 23.1 Å². The highest BCUT2D eigenvalue weighted by Gasteiger charge is 2.30. The third-order valence-corrected chi connectivity index (χ3v) is 1.51. The van der Waals surface area contributed by atoms with Crippen LogP contribution in [0, 0.1) is 0 Å². The minimum absolute atomic E-state index is 0.332. The Morgan fingerprint density at radius 3 is 2.53 bits per heavy atom. The molecule has 0 bridgehead atoms. The van der Waals surface area contributed by atoms with Crippen molar-refractivity contribution in [1.29, 1.82) is 0 Å². The molecule has 82 valence electrons. The lowest BCUT2D eigenvalue weighted by Gasteiger charge is -2.05. The summed E-state index contributed by atoms with van der Waals surface area (Å²) in [7, 11) is 0. The number of rotatable bonds is 2. The predicted octanol–water partition coefficient (Wildman–Crippen LogP) is 1.93. The van der Waals surface area contributed by atoms with Crippen LogP contribution < -0.4 is 0 Å². The third kappa shape index (κ3) is 3.70. The molecule has 8 heteroatoms. The first-order valence-corrected chi connectivity index (χ1v) is 3.99. The van der Waals surface area contributed by atoms with Crippen molar-refractivity contribution in [2.24, 2.45) is 0 Å². The van der Waals surface area contributed by atoms with Crippen LogP contribution in [-0.4, -0.2) is 27.2 Å². The second-order valence-electron chi connectivity index (χ2n) is 2.59. The Hall–Kier alpha value is -1.37.